The Kier molecular flexibility index (Phi) is 3.69. The van der Waals surface area contributed by atoms with Crippen LogP contribution in [0, 0.1) is 18.3 Å². The molecule has 1 heterocycles. The molecule has 0 saturated heterocycles. The number of nitriles is 1. The highest BCUT2D eigenvalue weighted by Gasteiger charge is 2.21. The van der Waals surface area contributed by atoms with Crippen LogP contribution in [0.15, 0.2) is 36.4 Å². The van der Waals surface area contributed by atoms with Gasteiger partial charge in [-0.15, -0.1) is 0 Å². The first-order chi connectivity index (χ1) is 11.1. The van der Waals surface area contributed by atoms with Crippen LogP contribution < -0.4 is 15.4 Å². The van der Waals surface area contributed by atoms with Gasteiger partial charge in [-0.05, 0) is 42.8 Å². The van der Waals surface area contributed by atoms with Gasteiger partial charge in [0.15, 0.2) is 12.4 Å². The van der Waals surface area contributed by atoms with E-state index < -0.39 is 0 Å². The van der Waals surface area contributed by atoms with E-state index in [1.807, 2.05) is 13.0 Å². The topological polar surface area (TPSA) is 91.2 Å². The van der Waals surface area contributed by atoms with Crippen LogP contribution in [-0.4, -0.2) is 18.4 Å². The summed E-state index contributed by atoms with van der Waals surface area (Å²) in [5, 5.41) is 14.4. The van der Waals surface area contributed by atoms with E-state index in [0.29, 0.717) is 28.3 Å². The summed E-state index contributed by atoms with van der Waals surface area (Å²) in [7, 11) is 0. The van der Waals surface area contributed by atoms with Crippen LogP contribution in [0.25, 0.3) is 0 Å². The summed E-state index contributed by atoms with van der Waals surface area (Å²) in [5.74, 6) is -0.155. The number of benzene rings is 2. The molecule has 3 rings (SSSR count). The van der Waals surface area contributed by atoms with Gasteiger partial charge >= 0.3 is 0 Å². The monoisotopic (exact) mass is 307 g/mol. The molecule has 0 radical (unpaired) electrons. The summed E-state index contributed by atoms with van der Waals surface area (Å²) in [4.78, 5) is 23.8. The van der Waals surface area contributed by atoms with E-state index >= 15 is 0 Å². The normalized spacial score (nSPS) is 12.4. The van der Waals surface area contributed by atoms with Crippen LogP contribution in [0.2, 0.25) is 0 Å². The van der Waals surface area contributed by atoms with Gasteiger partial charge in [0.05, 0.1) is 23.0 Å². The summed E-state index contributed by atoms with van der Waals surface area (Å²) < 4.78 is 5.42. The average Bonchev–Trinajstić information content (AvgIpc) is 2.54. The van der Waals surface area contributed by atoms with Crippen molar-refractivity contribution >= 4 is 23.2 Å². The molecule has 0 bridgehead atoms. The number of amides is 2. The number of aryl methyl sites for hydroxylation is 1. The molecule has 0 atom stereocenters. The van der Waals surface area contributed by atoms with Crippen molar-refractivity contribution in [2.45, 2.75) is 6.92 Å². The van der Waals surface area contributed by atoms with E-state index in [1.165, 1.54) is 6.07 Å². The van der Waals surface area contributed by atoms with E-state index in [-0.39, 0.29) is 18.4 Å². The lowest BCUT2D eigenvalue weighted by Crippen LogP contribution is -2.26. The molecule has 2 aromatic carbocycles. The third kappa shape index (κ3) is 2.99. The van der Waals surface area contributed by atoms with Crippen LogP contribution in [0.1, 0.15) is 21.5 Å². The second kappa shape index (κ2) is 5.81. The van der Waals surface area contributed by atoms with Crippen molar-refractivity contribution < 1.29 is 14.3 Å². The molecule has 1 aliphatic heterocycles. The molecule has 6 heteroatoms. The summed E-state index contributed by atoms with van der Waals surface area (Å²) in [6.45, 7) is 1.76. The average molecular weight is 307 g/mol. The first-order valence-corrected chi connectivity index (χ1v) is 6.95. The third-order valence-corrected chi connectivity index (χ3v) is 3.36. The third-order valence-electron chi connectivity index (χ3n) is 3.36. The minimum atomic E-state index is -0.351. The number of hydrogen-bond acceptors (Lipinski definition) is 4. The number of rotatable bonds is 2. The lowest BCUT2D eigenvalue weighted by Gasteiger charge is -2.21. The molecule has 0 spiro atoms. The second-order valence-corrected chi connectivity index (χ2v) is 5.17. The molecule has 0 fully saturated rings. The Labute approximate surface area is 132 Å². The number of nitrogens with zero attached hydrogens (tertiary/aromatic N) is 1. The van der Waals surface area contributed by atoms with Crippen molar-refractivity contribution in [3.63, 3.8) is 0 Å². The van der Waals surface area contributed by atoms with E-state index in [2.05, 4.69) is 10.6 Å². The van der Waals surface area contributed by atoms with Gasteiger partial charge in [0.25, 0.3) is 11.8 Å². The number of carbonyl (C=O) groups is 2. The minimum absolute atomic E-state index is 0.0944. The second-order valence-electron chi connectivity index (χ2n) is 5.17. The van der Waals surface area contributed by atoms with Crippen LogP contribution >= 0.6 is 0 Å². The Hall–Kier alpha value is -3.33. The zero-order valence-corrected chi connectivity index (χ0v) is 12.3. The summed E-state index contributed by atoms with van der Waals surface area (Å²) in [6, 6.07) is 12.0. The predicted molar refractivity (Wildman–Crippen MR) is 84.4 cm³/mol. The largest absolute Gasteiger partial charge is 0.479 e. The lowest BCUT2D eigenvalue weighted by molar-refractivity contribution is -0.118. The molecule has 2 amide bonds. The number of fused-ring (bicyclic) bond motifs is 1. The fourth-order valence-electron chi connectivity index (χ4n) is 2.36. The molecule has 6 nitrogen and oxygen atoms in total. The van der Waals surface area contributed by atoms with Gasteiger partial charge in [-0.1, -0.05) is 6.07 Å². The van der Waals surface area contributed by atoms with Gasteiger partial charge in [0.2, 0.25) is 0 Å². The van der Waals surface area contributed by atoms with E-state index in [1.54, 1.807) is 30.3 Å². The van der Waals surface area contributed by atoms with Crippen molar-refractivity contribution in [3.8, 4) is 11.8 Å². The summed E-state index contributed by atoms with van der Waals surface area (Å²) >= 11 is 0. The van der Waals surface area contributed by atoms with Crippen molar-refractivity contribution in [2.24, 2.45) is 0 Å². The molecule has 1 aliphatic rings. The first-order valence-electron chi connectivity index (χ1n) is 6.95. The number of ether oxygens (including phenoxy) is 1. The highest BCUT2D eigenvalue weighted by atomic mass is 16.5. The fourth-order valence-corrected chi connectivity index (χ4v) is 2.36. The summed E-state index contributed by atoms with van der Waals surface area (Å²) in [5.41, 5.74) is 2.66. The zero-order valence-electron chi connectivity index (χ0n) is 12.3. The summed E-state index contributed by atoms with van der Waals surface area (Å²) in [6.07, 6.45) is 0. The van der Waals surface area contributed by atoms with Gasteiger partial charge in [0, 0.05) is 5.56 Å². The van der Waals surface area contributed by atoms with Crippen LogP contribution in [0.5, 0.6) is 5.75 Å². The van der Waals surface area contributed by atoms with Gasteiger partial charge in [-0.3, -0.25) is 9.59 Å². The number of anilines is 2. The highest BCUT2D eigenvalue weighted by Crippen LogP contribution is 2.37. The number of hydrogen-bond donors (Lipinski definition) is 2. The van der Waals surface area contributed by atoms with Gasteiger partial charge in [-0.25, -0.2) is 0 Å². The Morgan fingerprint density at radius 3 is 2.96 bits per heavy atom. The molecule has 2 aromatic rings. The molecule has 0 saturated carbocycles. The number of carbonyl (C=O) groups excluding carboxylic acids is 2. The Balaban J connectivity index is 1.92. The Morgan fingerprint density at radius 1 is 1.35 bits per heavy atom. The quantitative estimate of drug-likeness (QED) is 0.891. The predicted octanol–water partition coefficient (Wildman–Crippen LogP) is 2.45. The van der Waals surface area contributed by atoms with Gasteiger partial charge in [-0.2, -0.15) is 5.26 Å². The van der Waals surface area contributed by atoms with Gasteiger partial charge < -0.3 is 15.4 Å². The molecular weight excluding hydrogens is 294 g/mol. The maximum absolute atomic E-state index is 12.4. The molecule has 23 heavy (non-hydrogen) atoms. The fraction of sp³-hybridized carbons (Fsp3) is 0.118. The van der Waals surface area contributed by atoms with Crippen molar-refractivity contribution in [3.05, 3.63) is 53.1 Å². The zero-order chi connectivity index (χ0) is 16.4. The van der Waals surface area contributed by atoms with E-state index in [4.69, 9.17) is 10.00 Å². The smallest absolute Gasteiger partial charge is 0.262 e. The highest BCUT2D eigenvalue weighted by molar-refractivity contribution is 6.07. The Bertz CT molecular complexity index is 853. The molecule has 2 N–H and O–H groups in total. The van der Waals surface area contributed by atoms with Crippen molar-refractivity contribution in [1.82, 2.24) is 0 Å². The van der Waals surface area contributed by atoms with Crippen LogP contribution in [0.4, 0.5) is 11.4 Å². The van der Waals surface area contributed by atoms with Crippen molar-refractivity contribution in [1.29, 1.82) is 5.26 Å². The van der Waals surface area contributed by atoms with Gasteiger partial charge in [0.1, 0.15) is 0 Å². The maximum atomic E-state index is 12.4. The lowest BCUT2D eigenvalue weighted by atomic mass is 10.1. The van der Waals surface area contributed by atoms with E-state index in [9.17, 15) is 9.59 Å². The SMILES string of the molecule is Cc1cc2c(c(NC(=O)c3cccc(C#N)c3)c1)OCC(=O)N2. The first kappa shape index (κ1) is 14.6. The van der Waals surface area contributed by atoms with E-state index in [0.717, 1.165) is 5.56 Å². The molecule has 0 aliphatic carbocycles. The molecule has 114 valence electrons. The molecule has 0 aromatic heterocycles. The Morgan fingerprint density at radius 2 is 2.17 bits per heavy atom. The van der Waals surface area contributed by atoms with Crippen LogP contribution in [-0.2, 0) is 4.79 Å². The van der Waals surface area contributed by atoms with Crippen LogP contribution in [0.3, 0.4) is 0 Å². The minimum Gasteiger partial charge on any atom is -0.479 e. The standard InChI is InChI=1S/C17H13N3O3/c1-10-5-13-16(23-9-15(21)19-13)14(6-10)20-17(22)12-4-2-3-11(7-12)8-18/h2-7H,9H2,1H3,(H,19,21)(H,20,22). The molecular formula is C17H13N3O3. The number of nitrogens with one attached hydrogen (secondary N) is 2. The molecule has 0 unspecified atom stereocenters. The maximum Gasteiger partial charge on any atom is 0.262 e. The van der Waals surface area contributed by atoms with Crippen molar-refractivity contribution in [2.75, 3.05) is 17.2 Å².